The van der Waals surface area contributed by atoms with Crippen molar-refractivity contribution in [1.29, 1.82) is 0 Å². The van der Waals surface area contributed by atoms with E-state index in [0.29, 0.717) is 32.2 Å². The van der Waals surface area contributed by atoms with Crippen molar-refractivity contribution in [2.45, 2.75) is 45.4 Å². The number of carbonyl (C=O) groups excluding carboxylic acids is 2. The first kappa shape index (κ1) is 24.8. The maximum Gasteiger partial charge on any atom is 0.223 e. The summed E-state index contributed by atoms with van der Waals surface area (Å²) in [6, 6.07) is 4.28. The van der Waals surface area contributed by atoms with Crippen LogP contribution in [0.4, 0.5) is 11.8 Å². The molecule has 4 rings (SSSR count). The Kier molecular flexibility index (Phi) is 8.07. The molecule has 0 radical (unpaired) electrons. The largest absolute Gasteiger partial charge is 0.378 e. The molecule has 2 aromatic heterocycles. The lowest BCUT2D eigenvalue weighted by Gasteiger charge is -2.33. The van der Waals surface area contributed by atoms with Gasteiger partial charge in [0, 0.05) is 57.0 Å². The molecule has 0 aromatic carbocycles. The van der Waals surface area contributed by atoms with Crippen LogP contribution in [0.5, 0.6) is 0 Å². The minimum absolute atomic E-state index is 0.0137. The third-order valence-electron chi connectivity index (χ3n) is 6.49. The van der Waals surface area contributed by atoms with Crippen molar-refractivity contribution in [3.8, 4) is 11.3 Å². The number of ketones is 1. The van der Waals surface area contributed by atoms with Crippen LogP contribution in [0.1, 0.15) is 51.0 Å². The normalized spacial score (nSPS) is 16.7. The number of piperidine rings is 1. The predicted molar refractivity (Wildman–Crippen MR) is 135 cm³/mol. The van der Waals surface area contributed by atoms with Gasteiger partial charge in [0.05, 0.1) is 18.9 Å². The molecular weight excluding hydrogens is 444 g/mol. The first-order chi connectivity index (χ1) is 16.9. The summed E-state index contributed by atoms with van der Waals surface area (Å²) in [5.74, 6) is 1.55. The van der Waals surface area contributed by atoms with Gasteiger partial charge in [-0.15, -0.1) is 0 Å². The first-order valence-electron chi connectivity index (χ1n) is 12.3. The number of anilines is 2. The molecule has 2 aliphatic rings. The van der Waals surface area contributed by atoms with Crippen LogP contribution >= 0.6 is 0 Å². The van der Waals surface area contributed by atoms with Crippen molar-refractivity contribution in [2.24, 2.45) is 0 Å². The van der Waals surface area contributed by atoms with Crippen molar-refractivity contribution in [2.75, 3.05) is 50.0 Å². The maximum atomic E-state index is 12.7. The summed E-state index contributed by atoms with van der Waals surface area (Å²) in [5.41, 5.74) is 9.49. The quantitative estimate of drug-likeness (QED) is 0.604. The topological polar surface area (TPSA) is 115 Å². The van der Waals surface area contributed by atoms with Crippen LogP contribution in [0, 0.1) is 0 Å². The van der Waals surface area contributed by atoms with Crippen LogP contribution in [-0.4, -0.2) is 70.9 Å². The predicted octanol–water partition coefficient (Wildman–Crippen LogP) is 2.98. The van der Waals surface area contributed by atoms with Crippen LogP contribution in [0.2, 0.25) is 0 Å². The summed E-state index contributed by atoms with van der Waals surface area (Å²) >= 11 is 0. The van der Waals surface area contributed by atoms with E-state index in [0.717, 1.165) is 48.6 Å². The van der Waals surface area contributed by atoms with E-state index in [1.165, 1.54) is 5.56 Å². The lowest BCUT2D eigenvalue weighted by Crippen LogP contribution is -2.38. The number of morpholine rings is 1. The van der Waals surface area contributed by atoms with Gasteiger partial charge in [-0.1, -0.05) is 5.57 Å². The van der Waals surface area contributed by atoms with Gasteiger partial charge in [-0.25, -0.2) is 15.0 Å². The van der Waals surface area contributed by atoms with Crippen LogP contribution in [0.25, 0.3) is 11.3 Å². The Morgan fingerprint density at radius 2 is 1.74 bits per heavy atom. The first-order valence-corrected chi connectivity index (χ1v) is 12.3. The summed E-state index contributed by atoms with van der Waals surface area (Å²) in [6.07, 6.45) is 7.30. The smallest absolute Gasteiger partial charge is 0.223 e. The van der Waals surface area contributed by atoms with Crippen molar-refractivity contribution in [3.63, 3.8) is 0 Å². The van der Waals surface area contributed by atoms with E-state index >= 15 is 0 Å². The molecule has 2 saturated heterocycles. The zero-order valence-corrected chi connectivity index (χ0v) is 20.6. The zero-order chi connectivity index (χ0) is 24.8. The Labute approximate surface area is 206 Å². The summed E-state index contributed by atoms with van der Waals surface area (Å²) < 4.78 is 5.52. The van der Waals surface area contributed by atoms with Crippen molar-refractivity contribution in [3.05, 3.63) is 41.7 Å². The number of nitrogens with zero attached hydrogens (tertiary/aromatic N) is 5. The molecular formula is C26H34N6O3. The van der Waals surface area contributed by atoms with Gasteiger partial charge < -0.3 is 20.3 Å². The minimum atomic E-state index is 0.0137. The maximum absolute atomic E-state index is 12.7. The molecule has 2 N–H and O–H groups in total. The Bertz CT molecular complexity index is 1070. The highest BCUT2D eigenvalue weighted by molar-refractivity contribution is 5.93. The number of nitrogens with two attached hydrogens (primary N) is 1. The van der Waals surface area contributed by atoms with Gasteiger partial charge >= 0.3 is 0 Å². The van der Waals surface area contributed by atoms with E-state index in [1.807, 2.05) is 18.7 Å². The van der Waals surface area contributed by atoms with E-state index < -0.39 is 0 Å². The number of nitrogen functional groups attached to an aromatic ring is 1. The number of ether oxygens (including phenoxy) is 1. The highest BCUT2D eigenvalue weighted by Crippen LogP contribution is 2.33. The summed E-state index contributed by atoms with van der Waals surface area (Å²) in [5, 5.41) is 0. The summed E-state index contributed by atoms with van der Waals surface area (Å²) in [4.78, 5) is 41.9. The highest BCUT2D eigenvalue weighted by atomic mass is 16.5. The number of rotatable bonds is 7. The van der Waals surface area contributed by atoms with Gasteiger partial charge in [0.1, 0.15) is 5.82 Å². The van der Waals surface area contributed by atoms with Crippen molar-refractivity contribution < 1.29 is 14.3 Å². The number of amides is 1. The molecule has 1 amide bonds. The van der Waals surface area contributed by atoms with Gasteiger partial charge in [-0.05, 0) is 56.4 Å². The average Bonchev–Trinajstić information content (AvgIpc) is 2.87. The molecule has 2 fully saturated rings. The second-order valence-corrected chi connectivity index (χ2v) is 9.42. The van der Waals surface area contributed by atoms with Gasteiger partial charge in [0.25, 0.3) is 0 Å². The Morgan fingerprint density at radius 1 is 1.06 bits per heavy atom. The van der Waals surface area contributed by atoms with Gasteiger partial charge in [0.15, 0.2) is 5.78 Å². The molecule has 0 spiro atoms. The highest BCUT2D eigenvalue weighted by Gasteiger charge is 2.26. The number of carbonyl (C=O) groups is 2. The number of aromatic nitrogens is 3. The van der Waals surface area contributed by atoms with E-state index in [-0.39, 0.29) is 30.5 Å². The zero-order valence-electron chi connectivity index (χ0n) is 20.6. The average molecular weight is 479 g/mol. The number of likely N-dealkylation sites (tertiary alicyclic amines) is 1. The molecule has 35 heavy (non-hydrogen) atoms. The third-order valence-corrected chi connectivity index (χ3v) is 6.49. The van der Waals surface area contributed by atoms with Crippen LogP contribution in [-0.2, 0) is 14.3 Å². The number of hydrogen-bond donors (Lipinski definition) is 1. The van der Waals surface area contributed by atoms with Gasteiger partial charge in [0.2, 0.25) is 11.9 Å². The Hall–Kier alpha value is -3.33. The lowest BCUT2D eigenvalue weighted by molar-refractivity contribution is -0.133. The summed E-state index contributed by atoms with van der Waals surface area (Å²) in [7, 11) is 0. The van der Waals surface area contributed by atoms with Crippen molar-refractivity contribution >= 4 is 23.5 Å². The fraction of sp³-hybridized carbons (Fsp3) is 0.500. The van der Waals surface area contributed by atoms with E-state index in [4.69, 9.17) is 15.5 Å². The molecule has 0 saturated carbocycles. The molecule has 0 atom stereocenters. The van der Waals surface area contributed by atoms with Gasteiger partial charge in [-0.3, -0.25) is 9.59 Å². The minimum Gasteiger partial charge on any atom is -0.378 e. The fourth-order valence-corrected chi connectivity index (χ4v) is 4.59. The molecule has 9 heteroatoms. The van der Waals surface area contributed by atoms with Crippen LogP contribution in [0.3, 0.4) is 0 Å². The summed E-state index contributed by atoms with van der Waals surface area (Å²) in [6.45, 7) is 8.12. The monoisotopic (exact) mass is 478 g/mol. The van der Waals surface area contributed by atoms with Gasteiger partial charge in [-0.2, -0.15) is 0 Å². The molecule has 2 aliphatic heterocycles. The van der Waals surface area contributed by atoms with Crippen LogP contribution < -0.4 is 10.6 Å². The fourth-order valence-electron chi connectivity index (χ4n) is 4.59. The molecule has 0 aliphatic carbocycles. The standard InChI is InChI=1S/C26H34N6O3/c1-18(2)13-22(33)3-4-25(34)32-7-5-19(6-8-32)20-14-23(21-16-28-26(27)29-17-21)30-24(15-20)31-9-11-35-12-10-31/h13-17,19H,3-12H2,1-2H3,(H2,27,28,29). The molecule has 0 unspecified atom stereocenters. The Balaban J connectivity index is 1.46. The molecule has 4 heterocycles. The molecule has 2 aromatic rings. The third kappa shape index (κ3) is 6.63. The van der Waals surface area contributed by atoms with Crippen LogP contribution in [0.15, 0.2) is 36.2 Å². The molecule has 0 bridgehead atoms. The molecule has 186 valence electrons. The lowest BCUT2D eigenvalue weighted by atomic mass is 9.88. The van der Waals surface area contributed by atoms with Crippen molar-refractivity contribution in [1.82, 2.24) is 19.9 Å². The second kappa shape index (κ2) is 11.4. The van der Waals surface area contributed by atoms with E-state index in [1.54, 1.807) is 18.5 Å². The Morgan fingerprint density at radius 3 is 2.40 bits per heavy atom. The SMILES string of the molecule is CC(C)=CC(=O)CCC(=O)N1CCC(c2cc(-c3cnc(N)nc3)nc(N3CCOCC3)c2)CC1. The number of allylic oxidation sites excluding steroid dienone is 2. The second-order valence-electron chi connectivity index (χ2n) is 9.42. The van der Waals surface area contributed by atoms with E-state index in [9.17, 15) is 9.59 Å². The number of hydrogen-bond acceptors (Lipinski definition) is 8. The number of pyridine rings is 1. The van der Waals surface area contributed by atoms with E-state index in [2.05, 4.69) is 27.0 Å². The molecule has 9 nitrogen and oxygen atoms in total.